The largest absolute Gasteiger partial charge is 0.358 e. The fourth-order valence-electron chi connectivity index (χ4n) is 1.52. The smallest absolute Gasteiger partial charge is 0.257 e. The maximum atomic E-state index is 11.8. The van der Waals surface area contributed by atoms with Gasteiger partial charge in [-0.1, -0.05) is 42.2 Å². The average molecular weight is 310 g/mol. The number of carbonyl (C=O) groups is 2. The molecule has 108 valence electrons. The van der Waals surface area contributed by atoms with Crippen LogP contribution in [0.2, 0.25) is 0 Å². The summed E-state index contributed by atoms with van der Waals surface area (Å²) < 4.78 is 0.678. The molecule has 2 amide bonds. The minimum Gasteiger partial charge on any atom is -0.358 e. The fourth-order valence-corrected chi connectivity index (χ4v) is 2.73. The van der Waals surface area contributed by atoms with E-state index in [1.807, 2.05) is 24.8 Å². The molecule has 20 heavy (non-hydrogen) atoms. The number of carbonyl (C=O) groups excluding carboxylic acids is 2. The van der Waals surface area contributed by atoms with Crippen LogP contribution in [0, 0.1) is 0 Å². The van der Waals surface area contributed by atoms with Gasteiger partial charge in [0, 0.05) is 18.7 Å². The third-order valence-corrected chi connectivity index (χ3v) is 4.16. The first-order valence-electron chi connectivity index (χ1n) is 6.39. The summed E-state index contributed by atoms with van der Waals surface area (Å²) in [5.74, 6) is -0.572. The van der Waals surface area contributed by atoms with Crippen LogP contribution >= 0.6 is 24.0 Å². The highest BCUT2D eigenvalue weighted by atomic mass is 32.2. The molecule has 0 heterocycles. The number of nitrogens with zero attached hydrogens (tertiary/aromatic N) is 1. The fraction of sp³-hybridized carbons (Fsp3) is 0.357. The Balaban J connectivity index is 2.41. The van der Waals surface area contributed by atoms with E-state index in [2.05, 4.69) is 5.32 Å². The Labute approximate surface area is 128 Å². The highest BCUT2D eigenvalue weighted by Crippen LogP contribution is 2.09. The summed E-state index contributed by atoms with van der Waals surface area (Å²) >= 11 is 6.50. The molecule has 0 aliphatic rings. The van der Waals surface area contributed by atoms with Crippen molar-refractivity contribution in [3.8, 4) is 0 Å². The first kappa shape index (κ1) is 16.7. The van der Waals surface area contributed by atoms with Crippen molar-refractivity contribution >= 4 is 40.1 Å². The molecule has 0 aromatic heterocycles. The van der Waals surface area contributed by atoms with Crippen molar-refractivity contribution < 1.29 is 9.59 Å². The van der Waals surface area contributed by atoms with Crippen molar-refractivity contribution in [2.75, 3.05) is 18.8 Å². The molecule has 0 aliphatic heterocycles. The zero-order chi connectivity index (χ0) is 15.0. The van der Waals surface area contributed by atoms with Gasteiger partial charge in [-0.2, -0.15) is 0 Å². The van der Waals surface area contributed by atoms with Crippen molar-refractivity contribution in [3.05, 3.63) is 35.9 Å². The topological polar surface area (TPSA) is 49.4 Å². The second-order valence-corrected chi connectivity index (χ2v) is 5.58. The number of hydrogen-bond donors (Lipinski definition) is 1. The SMILES string of the molecule is CCN(CC)C(=S)SCC(=O)NC(=O)c1ccccc1. The van der Waals surface area contributed by atoms with Crippen molar-refractivity contribution in [2.24, 2.45) is 0 Å². The van der Waals surface area contributed by atoms with Crippen molar-refractivity contribution in [1.29, 1.82) is 0 Å². The lowest BCUT2D eigenvalue weighted by Crippen LogP contribution is -2.33. The molecule has 1 rings (SSSR count). The van der Waals surface area contributed by atoms with Crippen LogP contribution in [-0.4, -0.2) is 39.9 Å². The maximum absolute atomic E-state index is 11.8. The quantitative estimate of drug-likeness (QED) is 0.846. The van der Waals surface area contributed by atoms with Gasteiger partial charge in [0.2, 0.25) is 5.91 Å². The molecule has 0 aliphatic carbocycles. The monoisotopic (exact) mass is 310 g/mol. The zero-order valence-electron chi connectivity index (χ0n) is 11.6. The first-order chi connectivity index (χ1) is 9.58. The van der Waals surface area contributed by atoms with Gasteiger partial charge in [0.15, 0.2) is 0 Å². The van der Waals surface area contributed by atoms with Gasteiger partial charge in [-0.05, 0) is 26.0 Å². The van der Waals surface area contributed by atoms with E-state index in [1.165, 1.54) is 11.8 Å². The molecule has 0 saturated carbocycles. The van der Waals surface area contributed by atoms with Gasteiger partial charge in [0.05, 0.1) is 5.75 Å². The molecule has 0 radical (unpaired) electrons. The number of amides is 2. The van der Waals surface area contributed by atoms with Gasteiger partial charge >= 0.3 is 0 Å². The van der Waals surface area contributed by atoms with Crippen LogP contribution in [0.4, 0.5) is 0 Å². The minimum atomic E-state index is -0.384. The standard InChI is InChI=1S/C14H18N2O2S2/c1-3-16(4-2)14(19)20-10-12(17)15-13(18)11-8-6-5-7-9-11/h5-9H,3-4,10H2,1-2H3,(H,15,17,18). The lowest BCUT2D eigenvalue weighted by Gasteiger charge is -2.20. The van der Waals surface area contributed by atoms with Crippen LogP contribution in [0.3, 0.4) is 0 Å². The molecule has 1 aromatic carbocycles. The highest BCUT2D eigenvalue weighted by Gasteiger charge is 2.12. The van der Waals surface area contributed by atoms with E-state index < -0.39 is 0 Å². The lowest BCUT2D eigenvalue weighted by molar-refractivity contribution is -0.117. The Bertz CT molecular complexity index is 473. The van der Waals surface area contributed by atoms with Crippen LogP contribution in [0.25, 0.3) is 0 Å². The van der Waals surface area contributed by atoms with Gasteiger partial charge in [0.1, 0.15) is 4.32 Å². The van der Waals surface area contributed by atoms with E-state index in [4.69, 9.17) is 12.2 Å². The van der Waals surface area contributed by atoms with Crippen molar-refractivity contribution in [2.45, 2.75) is 13.8 Å². The van der Waals surface area contributed by atoms with E-state index in [0.717, 1.165) is 13.1 Å². The molecular formula is C14H18N2O2S2. The van der Waals surface area contributed by atoms with E-state index in [-0.39, 0.29) is 17.6 Å². The number of rotatable bonds is 5. The molecule has 0 bridgehead atoms. The minimum absolute atomic E-state index is 0.147. The Morgan fingerprint density at radius 3 is 2.35 bits per heavy atom. The second kappa shape index (κ2) is 8.71. The zero-order valence-corrected chi connectivity index (χ0v) is 13.2. The third kappa shape index (κ3) is 5.30. The number of benzene rings is 1. The number of thioether (sulfide) groups is 1. The molecule has 4 nitrogen and oxygen atoms in total. The van der Waals surface area contributed by atoms with Crippen LogP contribution in [0.5, 0.6) is 0 Å². The van der Waals surface area contributed by atoms with Crippen LogP contribution in [0.15, 0.2) is 30.3 Å². The summed E-state index contributed by atoms with van der Waals surface area (Å²) in [4.78, 5) is 25.5. The van der Waals surface area contributed by atoms with E-state index in [1.54, 1.807) is 24.3 Å². The van der Waals surface area contributed by atoms with Gasteiger partial charge in [0.25, 0.3) is 5.91 Å². The molecule has 0 fully saturated rings. The second-order valence-electron chi connectivity index (χ2n) is 3.97. The van der Waals surface area contributed by atoms with Gasteiger partial charge in [-0.3, -0.25) is 14.9 Å². The summed E-state index contributed by atoms with van der Waals surface area (Å²) in [6, 6.07) is 8.65. The summed E-state index contributed by atoms with van der Waals surface area (Å²) in [6.07, 6.45) is 0. The Morgan fingerprint density at radius 2 is 1.80 bits per heavy atom. The van der Waals surface area contributed by atoms with Gasteiger partial charge in [-0.15, -0.1) is 0 Å². The predicted molar refractivity (Wildman–Crippen MR) is 86.9 cm³/mol. The summed E-state index contributed by atoms with van der Waals surface area (Å²) in [5.41, 5.74) is 0.470. The number of hydrogen-bond acceptors (Lipinski definition) is 4. The van der Waals surface area contributed by atoms with Gasteiger partial charge in [-0.25, -0.2) is 0 Å². The highest BCUT2D eigenvalue weighted by molar-refractivity contribution is 8.23. The molecule has 1 N–H and O–H groups in total. The Morgan fingerprint density at radius 1 is 1.20 bits per heavy atom. The number of imide groups is 1. The number of nitrogens with one attached hydrogen (secondary N) is 1. The maximum Gasteiger partial charge on any atom is 0.257 e. The van der Waals surface area contributed by atoms with Crippen LogP contribution < -0.4 is 5.32 Å². The average Bonchev–Trinajstić information content (AvgIpc) is 2.47. The molecular weight excluding hydrogens is 292 g/mol. The van der Waals surface area contributed by atoms with Gasteiger partial charge < -0.3 is 4.90 Å². The molecule has 0 unspecified atom stereocenters. The first-order valence-corrected chi connectivity index (χ1v) is 7.78. The van der Waals surface area contributed by atoms with Crippen LogP contribution in [0.1, 0.15) is 24.2 Å². The summed E-state index contributed by atoms with van der Waals surface area (Å²) in [7, 11) is 0. The summed E-state index contributed by atoms with van der Waals surface area (Å²) in [5, 5.41) is 2.35. The molecule has 1 aromatic rings. The molecule has 0 atom stereocenters. The van der Waals surface area contributed by atoms with Crippen LogP contribution in [-0.2, 0) is 4.79 Å². The molecule has 6 heteroatoms. The summed E-state index contributed by atoms with van der Waals surface area (Å²) in [6.45, 7) is 5.64. The normalized spacial score (nSPS) is 9.90. The number of thiocarbonyl (C=S) groups is 1. The molecule has 0 spiro atoms. The Hall–Kier alpha value is -1.40. The predicted octanol–water partition coefficient (Wildman–Crippen LogP) is 2.30. The lowest BCUT2D eigenvalue weighted by atomic mass is 10.2. The van der Waals surface area contributed by atoms with Crippen molar-refractivity contribution in [3.63, 3.8) is 0 Å². The van der Waals surface area contributed by atoms with Crippen molar-refractivity contribution in [1.82, 2.24) is 10.2 Å². The Kier molecular flexibility index (Phi) is 7.25. The van der Waals surface area contributed by atoms with E-state index >= 15 is 0 Å². The molecule has 0 saturated heterocycles. The third-order valence-electron chi connectivity index (χ3n) is 2.64. The van der Waals surface area contributed by atoms with E-state index in [0.29, 0.717) is 9.88 Å². The van der Waals surface area contributed by atoms with E-state index in [9.17, 15) is 9.59 Å².